The van der Waals surface area contributed by atoms with Gasteiger partial charge in [0.2, 0.25) is 0 Å². The highest BCUT2D eigenvalue weighted by molar-refractivity contribution is 7.84. The fraction of sp³-hybridized carbons (Fsp3) is 0.364. The second kappa shape index (κ2) is 13.2. The molecule has 0 aliphatic heterocycles. The van der Waals surface area contributed by atoms with Gasteiger partial charge in [0.15, 0.2) is 11.5 Å². The lowest BCUT2D eigenvalue weighted by molar-refractivity contribution is 0.201. The van der Waals surface area contributed by atoms with Gasteiger partial charge in [-0.1, -0.05) is 49.7 Å². The Morgan fingerprint density at radius 2 is 1.93 bits per heavy atom. The first kappa shape index (κ1) is 24.0. The second-order valence-electron chi connectivity index (χ2n) is 6.39. The second-order valence-corrected chi connectivity index (χ2v) is 6.97. The summed E-state index contributed by atoms with van der Waals surface area (Å²) in [5.74, 6) is 0.654. The molecule has 0 aromatic heterocycles. The third-order valence-corrected chi connectivity index (χ3v) is 4.37. The van der Waals surface area contributed by atoms with Crippen LogP contribution in [0.3, 0.4) is 0 Å². The number of phenols is 1. The normalized spacial score (nSPS) is 11.4. The molecular weight excluding hydrogens is 372 g/mol. The molecule has 0 saturated carbocycles. The van der Waals surface area contributed by atoms with Gasteiger partial charge in [-0.05, 0) is 47.6 Å². The highest BCUT2D eigenvalue weighted by atomic mass is 32.1. The van der Waals surface area contributed by atoms with E-state index in [1.807, 2.05) is 25.1 Å². The lowest BCUT2D eigenvalue weighted by atomic mass is 10.2. The van der Waals surface area contributed by atoms with E-state index in [0.717, 1.165) is 36.4 Å². The number of ether oxygens (including phenoxy) is 1. The van der Waals surface area contributed by atoms with Crippen LogP contribution in [0.5, 0.6) is 11.5 Å². The number of hydrazine groups is 1. The predicted octanol–water partition coefficient (Wildman–Crippen LogP) is 4.04. The van der Waals surface area contributed by atoms with Crippen LogP contribution >= 0.6 is 12.6 Å². The summed E-state index contributed by atoms with van der Waals surface area (Å²) in [4.78, 5) is 0.926. The summed E-state index contributed by atoms with van der Waals surface area (Å²) in [5.41, 5.74) is 5.65. The topological polar surface area (TPSA) is 76.2 Å². The molecule has 0 bridgehead atoms. The minimum absolute atomic E-state index is 0. The molecule has 5 nitrogen and oxygen atoms in total. The Kier molecular flexibility index (Phi) is 11.4. The summed E-state index contributed by atoms with van der Waals surface area (Å²) in [6.45, 7) is 7.05. The molecule has 0 saturated heterocycles. The third-order valence-electron chi connectivity index (χ3n) is 4.10. The molecule has 0 unspecified atom stereocenters. The molecule has 2 aromatic rings. The summed E-state index contributed by atoms with van der Waals surface area (Å²) in [6, 6.07) is 15.8. The smallest absolute Gasteiger partial charge is 0.160 e. The molecule has 0 spiro atoms. The molecule has 0 aliphatic carbocycles. The van der Waals surface area contributed by atoms with Crippen LogP contribution < -0.4 is 10.2 Å². The monoisotopic (exact) mass is 404 g/mol. The average molecular weight is 405 g/mol. The molecule has 2 rings (SSSR count). The van der Waals surface area contributed by atoms with Gasteiger partial charge >= 0.3 is 0 Å². The van der Waals surface area contributed by atoms with Crippen molar-refractivity contribution < 1.29 is 15.3 Å². The van der Waals surface area contributed by atoms with Gasteiger partial charge in [-0.15, -0.1) is 12.6 Å². The summed E-state index contributed by atoms with van der Waals surface area (Å²) in [7, 11) is 0. The average Bonchev–Trinajstić information content (AvgIpc) is 2.67. The van der Waals surface area contributed by atoms with Crippen LogP contribution in [0.4, 0.5) is 0 Å². The van der Waals surface area contributed by atoms with E-state index in [-0.39, 0.29) is 11.2 Å². The minimum atomic E-state index is 0. The number of nitrogens with zero attached hydrogens (tertiary/aromatic N) is 1. The Labute approximate surface area is 173 Å². The van der Waals surface area contributed by atoms with Crippen LogP contribution in [-0.2, 0) is 6.54 Å². The van der Waals surface area contributed by atoms with Crippen LogP contribution in [-0.4, -0.2) is 35.3 Å². The summed E-state index contributed by atoms with van der Waals surface area (Å²) < 4.78 is 5.37. The maximum Gasteiger partial charge on any atom is 0.160 e. The number of rotatable bonds is 11. The Morgan fingerprint density at radius 3 is 2.57 bits per heavy atom. The van der Waals surface area contributed by atoms with Crippen molar-refractivity contribution >= 4 is 18.7 Å². The molecular formula is C22H32N2O3S. The molecule has 0 aliphatic rings. The van der Waals surface area contributed by atoms with Crippen molar-refractivity contribution in [3.63, 3.8) is 0 Å². The fourth-order valence-electron chi connectivity index (χ4n) is 2.70. The maximum absolute atomic E-state index is 10.0. The predicted molar refractivity (Wildman–Crippen MR) is 120 cm³/mol. The molecule has 0 heterocycles. The molecule has 6 heteroatoms. The van der Waals surface area contributed by atoms with E-state index in [1.165, 1.54) is 5.56 Å². The van der Waals surface area contributed by atoms with Crippen LogP contribution in [0, 0.1) is 0 Å². The van der Waals surface area contributed by atoms with Crippen molar-refractivity contribution in [3.8, 4) is 11.5 Å². The first-order valence-electron chi connectivity index (χ1n) is 9.50. The quantitative estimate of drug-likeness (QED) is 0.390. The number of nitrogens with one attached hydrogen (secondary N) is 1. The minimum Gasteiger partial charge on any atom is -0.504 e. The van der Waals surface area contributed by atoms with E-state index in [4.69, 9.17) is 4.74 Å². The number of aromatic hydroxyl groups is 1. The lowest BCUT2D eigenvalue weighted by Crippen LogP contribution is -2.39. The number of thiol groups is 1. The molecule has 0 atom stereocenters. The van der Waals surface area contributed by atoms with E-state index in [2.05, 4.69) is 54.3 Å². The standard InChI is InChI=1S/C22H30N2O2S.H2O/c1-3-5-13-24(23-16-18-9-7-6-8-10-18)17-20(27)14-19-11-12-22(26-4-2)21(25)15-19;/h6-12,14-15,23,25,27H,3-5,13,16-17H2,1-2H3;1H2/b20-14-;. The third kappa shape index (κ3) is 8.35. The van der Waals surface area contributed by atoms with E-state index >= 15 is 0 Å². The molecule has 4 N–H and O–H groups in total. The highest BCUT2D eigenvalue weighted by Crippen LogP contribution is 2.28. The van der Waals surface area contributed by atoms with Gasteiger partial charge in [-0.3, -0.25) is 5.43 Å². The Hall–Kier alpha value is -1.99. The Balaban J connectivity index is 0.00000392. The van der Waals surface area contributed by atoms with Crippen LogP contribution in [0.25, 0.3) is 6.08 Å². The van der Waals surface area contributed by atoms with Crippen LogP contribution in [0.1, 0.15) is 37.8 Å². The van der Waals surface area contributed by atoms with Gasteiger partial charge in [-0.25, -0.2) is 5.01 Å². The SMILES string of the molecule is CCCCN(C/C(S)=C/c1ccc(OCC)c(O)c1)NCc1ccccc1.O. The first-order valence-corrected chi connectivity index (χ1v) is 9.94. The molecule has 2 aromatic carbocycles. The zero-order valence-corrected chi connectivity index (χ0v) is 17.6. The zero-order chi connectivity index (χ0) is 19.5. The number of hydrogen-bond donors (Lipinski definition) is 3. The summed E-state index contributed by atoms with van der Waals surface area (Å²) in [6.07, 6.45) is 4.23. The summed E-state index contributed by atoms with van der Waals surface area (Å²) in [5, 5.41) is 12.2. The van der Waals surface area contributed by atoms with Gasteiger partial charge < -0.3 is 15.3 Å². The largest absolute Gasteiger partial charge is 0.504 e. The van der Waals surface area contributed by atoms with Crippen LogP contribution in [0.2, 0.25) is 0 Å². The van der Waals surface area contributed by atoms with Crippen LogP contribution in [0.15, 0.2) is 53.4 Å². The van der Waals surface area contributed by atoms with Crippen molar-refractivity contribution in [2.45, 2.75) is 33.2 Å². The molecule has 0 amide bonds. The van der Waals surface area contributed by atoms with Crippen molar-refractivity contribution in [3.05, 3.63) is 64.6 Å². The van der Waals surface area contributed by atoms with Gasteiger partial charge in [-0.2, -0.15) is 0 Å². The van der Waals surface area contributed by atoms with Gasteiger partial charge in [0.05, 0.1) is 6.61 Å². The maximum atomic E-state index is 10.0. The number of benzene rings is 2. The Morgan fingerprint density at radius 1 is 1.18 bits per heavy atom. The van der Waals surface area contributed by atoms with E-state index < -0.39 is 0 Å². The number of phenolic OH excluding ortho intramolecular Hbond substituents is 1. The fourth-order valence-corrected chi connectivity index (χ4v) is 3.02. The van der Waals surface area contributed by atoms with Crippen molar-refractivity contribution in [2.75, 3.05) is 19.7 Å². The molecule has 0 radical (unpaired) electrons. The molecule has 154 valence electrons. The molecule has 0 fully saturated rings. The van der Waals surface area contributed by atoms with Crippen molar-refractivity contribution in [1.29, 1.82) is 0 Å². The summed E-state index contributed by atoms with van der Waals surface area (Å²) >= 11 is 4.65. The highest BCUT2D eigenvalue weighted by Gasteiger charge is 2.07. The lowest BCUT2D eigenvalue weighted by Gasteiger charge is -2.23. The van der Waals surface area contributed by atoms with Gasteiger partial charge in [0.25, 0.3) is 0 Å². The van der Waals surface area contributed by atoms with Crippen molar-refractivity contribution in [1.82, 2.24) is 10.4 Å². The van der Waals surface area contributed by atoms with E-state index in [0.29, 0.717) is 18.9 Å². The van der Waals surface area contributed by atoms with Crippen molar-refractivity contribution in [2.24, 2.45) is 0 Å². The number of hydrogen-bond acceptors (Lipinski definition) is 5. The van der Waals surface area contributed by atoms with E-state index in [1.54, 1.807) is 12.1 Å². The number of unbranched alkanes of at least 4 members (excludes halogenated alkanes) is 1. The van der Waals surface area contributed by atoms with E-state index in [9.17, 15) is 5.11 Å². The zero-order valence-electron chi connectivity index (χ0n) is 16.7. The first-order chi connectivity index (χ1) is 13.1. The Bertz CT molecular complexity index is 723. The van der Waals surface area contributed by atoms with Gasteiger partial charge in [0.1, 0.15) is 0 Å². The van der Waals surface area contributed by atoms with Gasteiger partial charge in [0, 0.05) is 19.6 Å². The molecule has 28 heavy (non-hydrogen) atoms.